The van der Waals surface area contributed by atoms with Gasteiger partial charge in [-0.2, -0.15) is 0 Å². The zero-order valence-corrected chi connectivity index (χ0v) is 83.6. The smallest absolute Gasteiger partial charge is 0.353 e. The fraction of sp³-hybridized carbons (Fsp3) is 1.00. The highest BCUT2D eigenvalue weighted by atomic mass is 28.7. The molecule has 0 aliphatic carbocycles. The van der Waals surface area contributed by atoms with Crippen LogP contribution >= 0.6 is 0 Å². The molecule has 12 fully saturated rings. The van der Waals surface area contributed by atoms with E-state index >= 15 is 0 Å². The molecule has 55 heteroatoms. The first-order valence-electron chi connectivity index (χ1n) is 41.0. The summed E-state index contributed by atoms with van der Waals surface area (Å²) in [5.74, 6) is 0. The molecular formula is C56H126O39Si16. The quantitative estimate of drug-likeness (QED) is 0.0403. The first-order chi connectivity index (χ1) is 53.5. The summed E-state index contributed by atoms with van der Waals surface area (Å²) < 4.78 is 291. The summed E-state index contributed by atoms with van der Waals surface area (Å²) in [6.07, 6.45) is 13.6. The number of hydrogen-bond acceptors (Lipinski definition) is 39. The van der Waals surface area contributed by atoms with Gasteiger partial charge in [-0.15, -0.1) is 0 Å². The number of hydrogen-bond donors (Lipinski definition) is 0. The van der Waals surface area contributed by atoms with Crippen LogP contribution in [-0.2, 0) is 165 Å². The molecule has 0 aromatic carbocycles. The summed E-state index contributed by atoms with van der Waals surface area (Å²) >= 11 is 0. The van der Waals surface area contributed by atoms with E-state index in [2.05, 4.69) is 0 Å². The SMILES string of the molecule is CCCCO[Si]12O[Si]3(OCCCC)O[Si]4(OCCCC)O[Si](OCCCC)(O1)O[Si]1(OCCCC)O[Si](OCCCC)(O2)O[Si](OCCCC)(O3)O[Si](O[Si]23O[Si]5(OCCCC)O[Si]6(OCCCC)O[Si]7(OCCCC)O[Si](OCCCC)(O5)O[Si](OCCCC)(O[Si](OCCCC)(O7)O[Si](OCCCC)(O6)O2)O3)(O4)O1. The second-order valence-corrected chi connectivity index (χ2v) is 67.8. The maximum absolute atomic E-state index is 8.04. The second kappa shape index (κ2) is 43.0. The highest BCUT2D eigenvalue weighted by Crippen LogP contribution is 2.56. The van der Waals surface area contributed by atoms with Crippen LogP contribution in [0.25, 0.3) is 0 Å². The average molecular weight is 1870 g/mol. The van der Waals surface area contributed by atoms with Crippen molar-refractivity contribution < 1.29 is 165 Å². The maximum atomic E-state index is 8.04. The van der Waals surface area contributed by atoms with Crippen molar-refractivity contribution >= 4 is 145 Å². The van der Waals surface area contributed by atoms with Gasteiger partial charge < -0.3 is 165 Å². The summed E-state index contributed by atoms with van der Waals surface area (Å²) in [6.45, 7) is 25.6. The van der Waals surface area contributed by atoms with Crippen LogP contribution in [0.5, 0.6) is 0 Å². The van der Waals surface area contributed by atoms with Crippen molar-refractivity contribution in [1.82, 2.24) is 0 Å². The largest absolute Gasteiger partial charge is 0.662 e. The van der Waals surface area contributed by atoms with Crippen molar-refractivity contribution in [3.8, 4) is 0 Å². The standard InChI is InChI=1S/C56H126O39Si16/c1-15-29-43-57-96-71-98(59-45-31-17-3)77-104(65-51-37-23-9)79-99(72-96,60-46-32-18-4)81-106(67-53-39-25-11)82-100(73-96,61-47-33-19-5)80-105(78-98,66-52-38-24-10)90-110(89-104,91-106)95-111-92-107(68-54-40-26-12)83-101(62-48-34-20-6)74-97(58-44-30-16-2)75-102(85-107,63-49-35-21-7)87-109(94-111,70-56-42-28-14)88-103(76-97,64-50-36-22-8)86-108(84-101,93-111)69-55-41-27-13/h15-56H2,1-14H3. The zero-order chi connectivity index (χ0) is 79.3. The molecule has 0 radical (unpaired) electrons. The molecule has 0 atom stereocenters. The highest BCUT2D eigenvalue weighted by molar-refractivity contribution is 7.01. The number of unbranched alkanes of at least 4 members (excludes halogenated alkanes) is 14. The topological polar surface area (TPSA) is 360 Å². The predicted molar refractivity (Wildman–Crippen MR) is 411 cm³/mol. The minimum Gasteiger partial charge on any atom is -0.353 e. The molecule has 12 saturated heterocycles. The second-order valence-electron chi connectivity index (χ2n) is 27.4. The van der Waals surface area contributed by atoms with Gasteiger partial charge in [0.05, 0.1) is 0 Å². The van der Waals surface area contributed by atoms with Crippen molar-refractivity contribution in [1.29, 1.82) is 0 Å². The predicted octanol–water partition coefficient (Wildman–Crippen LogP) is 9.94. The third-order valence-corrected chi connectivity index (χ3v) is 74.9. The van der Waals surface area contributed by atoms with Gasteiger partial charge in [-0.05, 0) is 89.9 Å². The van der Waals surface area contributed by atoms with Gasteiger partial charge in [-0.1, -0.05) is 187 Å². The van der Waals surface area contributed by atoms with Crippen LogP contribution in [0, 0.1) is 0 Å². The summed E-state index contributed by atoms with van der Waals surface area (Å²) in [5, 5.41) is 0. The number of rotatable bonds is 58. The molecule has 0 amide bonds. The molecule has 0 saturated carbocycles. The van der Waals surface area contributed by atoms with Crippen LogP contribution in [0.4, 0.5) is 0 Å². The Balaban J connectivity index is 1.37. The van der Waals surface area contributed by atoms with E-state index in [1.165, 1.54) is 0 Å². The lowest BCUT2D eigenvalue weighted by Gasteiger charge is -2.59. The molecule has 0 aromatic rings. The Kier molecular flexibility index (Phi) is 36.9. The molecule has 648 valence electrons. The van der Waals surface area contributed by atoms with Crippen molar-refractivity contribution in [2.45, 2.75) is 277 Å². The third kappa shape index (κ3) is 24.3. The van der Waals surface area contributed by atoms with E-state index in [0.29, 0.717) is 180 Å². The van der Waals surface area contributed by atoms with E-state index < -0.39 is 145 Å². The van der Waals surface area contributed by atoms with E-state index in [4.69, 9.17) is 165 Å². The Morgan fingerprint density at radius 3 is 0.261 bits per heavy atom. The molecule has 0 N–H and O–H groups in total. The molecule has 0 spiro atoms. The van der Waals surface area contributed by atoms with Crippen molar-refractivity contribution in [2.75, 3.05) is 92.5 Å². The molecule has 12 aliphatic heterocycles. The van der Waals surface area contributed by atoms with Crippen molar-refractivity contribution in [3.63, 3.8) is 0 Å². The van der Waals surface area contributed by atoms with E-state index in [1.54, 1.807) is 0 Å². The van der Waals surface area contributed by atoms with Gasteiger partial charge >= 0.3 is 145 Å². The maximum Gasteiger partial charge on any atom is 0.662 e. The molecule has 12 aliphatic rings. The van der Waals surface area contributed by atoms with Gasteiger partial charge in [0.15, 0.2) is 0 Å². The zero-order valence-electron chi connectivity index (χ0n) is 67.6. The van der Waals surface area contributed by atoms with Gasteiger partial charge in [-0.25, -0.2) is 0 Å². The Morgan fingerprint density at radius 2 is 0.189 bits per heavy atom. The third-order valence-electron chi connectivity index (χ3n) is 17.1. The van der Waals surface area contributed by atoms with E-state index in [0.717, 1.165) is 0 Å². The fourth-order valence-electron chi connectivity index (χ4n) is 11.0. The Bertz CT molecular complexity index is 2300. The fourth-order valence-corrected chi connectivity index (χ4v) is 86.3. The summed E-state index contributed by atoms with van der Waals surface area (Å²) in [7, 11) is -91.1. The van der Waals surface area contributed by atoms with Crippen molar-refractivity contribution in [3.05, 3.63) is 0 Å². The highest BCUT2D eigenvalue weighted by Gasteiger charge is 2.96. The summed E-state index contributed by atoms with van der Waals surface area (Å²) in [6, 6.07) is 0. The van der Waals surface area contributed by atoms with Gasteiger partial charge in [-0.3, -0.25) is 0 Å². The Hall–Kier alpha value is 1.91. The van der Waals surface area contributed by atoms with Crippen LogP contribution < -0.4 is 0 Å². The van der Waals surface area contributed by atoms with E-state index in [-0.39, 0.29) is 92.5 Å². The van der Waals surface area contributed by atoms with Gasteiger partial charge in [0, 0.05) is 92.5 Å². The first-order valence-corrected chi connectivity index (χ1v) is 67.1. The summed E-state index contributed by atoms with van der Waals surface area (Å²) in [5.41, 5.74) is 0. The van der Waals surface area contributed by atoms with E-state index in [1.807, 2.05) is 96.9 Å². The Labute approximate surface area is 674 Å². The van der Waals surface area contributed by atoms with Crippen LogP contribution in [0.1, 0.15) is 277 Å². The molecule has 111 heavy (non-hydrogen) atoms. The first kappa shape index (κ1) is 95.1. The lowest BCUT2D eigenvalue weighted by atomic mass is 10.4. The van der Waals surface area contributed by atoms with Crippen LogP contribution in [0.2, 0.25) is 0 Å². The van der Waals surface area contributed by atoms with Crippen molar-refractivity contribution in [2.24, 2.45) is 0 Å². The minimum absolute atomic E-state index is 0.0552. The average Bonchev–Trinajstić information content (AvgIpc) is 0.684. The monoisotopic (exact) mass is 1870 g/mol. The normalized spacial score (nSPS) is 39.4. The summed E-state index contributed by atoms with van der Waals surface area (Å²) in [4.78, 5) is 0. The van der Waals surface area contributed by atoms with Gasteiger partial charge in [0.1, 0.15) is 0 Å². The molecule has 39 nitrogen and oxygen atoms in total. The molecule has 12 heterocycles. The van der Waals surface area contributed by atoms with Crippen LogP contribution in [0.3, 0.4) is 0 Å². The van der Waals surface area contributed by atoms with Gasteiger partial charge in [0.25, 0.3) is 0 Å². The minimum atomic E-state index is -6.46. The van der Waals surface area contributed by atoms with E-state index in [9.17, 15) is 0 Å². The molecule has 16 bridgehead atoms. The molecule has 0 unspecified atom stereocenters. The lowest BCUT2D eigenvalue weighted by Crippen LogP contribution is -2.93. The molecule has 12 rings (SSSR count). The van der Waals surface area contributed by atoms with Crippen LogP contribution in [0.15, 0.2) is 0 Å². The van der Waals surface area contributed by atoms with Crippen LogP contribution in [-0.4, -0.2) is 237 Å². The van der Waals surface area contributed by atoms with Gasteiger partial charge in [0.2, 0.25) is 0 Å². The molecule has 0 aromatic heterocycles. The lowest BCUT2D eigenvalue weighted by molar-refractivity contribution is -0.172. The Morgan fingerprint density at radius 1 is 0.117 bits per heavy atom. The molecular weight excluding hydrogens is 1750 g/mol.